The maximum Gasteiger partial charge on any atom is 0.234 e. The Morgan fingerprint density at radius 3 is 2.78 bits per heavy atom. The zero-order valence-electron chi connectivity index (χ0n) is 11.0. The van der Waals surface area contributed by atoms with E-state index in [0.29, 0.717) is 18.5 Å². The highest BCUT2D eigenvalue weighted by Gasteiger charge is 2.38. The molecule has 1 aromatic carbocycles. The summed E-state index contributed by atoms with van der Waals surface area (Å²) in [7, 11) is 1.82. The quantitative estimate of drug-likeness (QED) is 0.795. The van der Waals surface area contributed by atoms with Gasteiger partial charge in [0.2, 0.25) is 5.91 Å². The second-order valence-electron chi connectivity index (χ2n) is 5.12. The van der Waals surface area contributed by atoms with Crippen molar-refractivity contribution in [2.75, 3.05) is 18.9 Å². The summed E-state index contributed by atoms with van der Waals surface area (Å²) in [6, 6.07) is 5.43. The van der Waals surface area contributed by atoms with E-state index in [1.807, 2.05) is 33.0 Å². The molecule has 0 saturated heterocycles. The Hall–Kier alpha value is -1.68. The summed E-state index contributed by atoms with van der Waals surface area (Å²) in [4.78, 5) is 23.8. The predicted octanol–water partition coefficient (Wildman–Crippen LogP) is 1.71. The smallest absolute Gasteiger partial charge is 0.234 e. The summed E-state index contributed by atoms with van der Waals surface area (Å²) in [5.74, 6) is 0.0830. The van der Waals surface area contributed by atoms with Gasteiger partial charge in [-0.15, -0.1) is 0 Å². The third-order valence-electron chi connectivity index (χ3n) is 3.43. The molecule has 1 aliphatic rings. The molecule has 96 valence electrons. The average Bonchev–Trinajstić information content (AvgIpc) is 2.57. The van der Waals surface area contributed by atoms with E-state index >= 15 is 0 Å². The number of amides is 1. The molecule has 0 radical (unpaired) electrons. The van der Waals surface area contributed by atoms with Crippen LogP contribution in [0, 0.1) is 0 Å². The van der Waals surface area contributed by atoms with E-state index in [-0.39, 0.29) is 11.7 Å². The Morgan fingerprint density at radius 2 is 2.11 bits per heavy atom. The van der Waals surface area contributed by atoms with E-state index < -0.39 is 5.41 Å². The highest BCUT2D eigenvalue weighted by molar-refractivity contribution is 6.07. The monoisotopic (exact) mass is 246 g/mol. The molecular formula is C14H18N2O2. The van der Waals surface area contributed by atoms with Crippen LogP contribution in [0.4, 0.5) is 5.69 Å². The van der Waals surface area contributed by atoms with Crippen molar-refractivity contribution in [1.29, 1.82) is 0 Å². The normalized spacial score (nSPS) is 16.3. The molecule has 1 amide bonds. The first kappa shape index (κ1) is 12.8. The van der Waals surface area contributed by atoms with Gasteiger partial charge in [0.15, 0.2) is 5.78 Å². The first-order valence-corrected chi connectivity index (χ1v) is 6.10. The molecule has 1 heterocycles. The number of anilines is 1. The van der Waals surface area contributed by atoms with Crippen LogP contribution in [0.5, 0.6) is 0 Å². The van der Waals surface area contributed by atoms with Crippen molar-refractivity contribution >= 4 is 17.4 Å². The first-order valence-electron chi connectivity index (χ1n) is 6.10. The van der Waals surface area contributed by atoms with E-state index in [2.05, 4.69) is 10.6 Å². The van der Waals surface area contributed by atoms with Crippen molar-refractivity contribution in [3.63, 3.8) is 0 Å². The molecule has 0 unspecified atom stereocenters. The average molecular weight is 246 g/mol. The number of carbonyl (C=O) groups is 2. The van der Waals surface area contributed by atoms with Gasteiger partial charge in [0, 0.05) is 24.2 Å². The summed E-state index contributed by atoms with van der Waals surface area (Å²) in [6.07, 6.45) is 0.469. The minimum absolute atomic E-state index is 0.0164. The molecule has 2 N–H and O–H groups in total. The number of hydrogen-bond donors (Lipinski definition) is 2. The third kappa shape index (κ3) is 2.04. The van der Waals surface area contributed by atoms with Crippen LogP contribution in [0.25, 0.3) is 0 Å². The number of benzene rings is 1. The van der Waals surface area contributed by atoms with Crippen LogP contribution in [-0.2, 0) is 10.2 Å². The topological polar surface area (TPSA) is 58.2 Å². The van der Waals surface area contributed by atoms with Crippen LogP contribution >= 0.6 is 0 Å². The van der Waals surface area contributed by atoms with Crippen LogP contribution in [0.2, 0.25) is 0 Å². The standard InChI is InChI=1S/C14H18N2O2/c1-14(2)10-8-9(12(17)6-7-15-3)4-5-11(10)16-13(14)18/h4-5,8,15H,6-7H2,1-3H3,(H,16,18). The molecule has 0 aliphatic carbocycles. The summed E-state index contributed by atoms with van der Waals surface area (Å²) >= 11 is 0. The van der Waals surface area contributed by atoms with Gasteiger partial charge >= 0.3 is 0 Å². The number of hydrogen-bond acceptors (Lipinski definition) is 3. The second kappa shape index (κ2) is 4.53. The van der Waals surface area contributed by atoms with Crippen molar-refractivity contribution < 1.29 is 9.59 Å². The van der Waals surface area contributed by atoms with Gasteiger partial charge in [-0.3, -0.25) is 9.59 Å². The van der Waals surface area contributed by atoms with E-state index in [1.54, 1.807) is 6.07 Å². The van der Waals surface area contributed by atoms with Gasteiger partial charge < -0.3 is 10.6 Å². The molecule has 0 atom stereocenters. The fourth-order valence-corrected chi connectivity index (χ4v) is 2.13. The maximum atomic E-state index is 12.0. The summed E-state index contributed by atoms with van der Waals surface area (Å²) < 4.78 is 0. The van der Waals surface area contributed by atoms with Gasteiger partial charge in [-0.05, 0) is 44.7 Å². The lowest BCUT2D eigenvalue weighted by molar-refractivity contribution is -0.119. The lowest BCUT2D eigenvalue weighted by Gasteiger charge is -2.15. The van der Waals surface area contributed by atoms with E-state index in [1.165, 1.54) is 0 Å². The molecule has 4 nitrogen and oxygen atoms in total. The molecule has 0 fully saturated rings. The van der Waals surface area contributed by atoms with Crippen molar-refractivity contribution in [3.05, 3.63) is 29.3 Å². The molecule has 18 heavy (non-hydrogen) atoms. The zero-order valence-corrected chi connectivity index (χ0v) is 11.0. The third-order valence-corrected chi connectivity index (χ3v) is 3.43. The van der Waals surface area contributed by atoms with Gasteiger partial charge in [0.1, 0.15) is 0 Å². The number of ketones is 1. The number of Topliss-reactive ketones (excluding diaryl/α,β-unsaturated/α-hetero) is 1. The fraction of sp³-hybridized carbons (Fsp3) is 0.429. The van der Waals surface area contributed by atoms with Crippen LogP contribution in [0.15, 0.2) is 18.2 Å². The summed E-state index contributed by atoms with van der Waals surface area (Å²) in [6.45, 7) is 4.41. The second-order valence-corrected chi connectivity index (χ2v) is 5.12. The lowest BCUT2D eigenvalue weighted by atomic mass is 9.85. The van der Waals surface area contributed by atoms with Gasteiger partial charge in [-0.2, -0.15) is 0 Å². The minimum Gasteiger partial charge on any atom is -0.325 e. The maximum absolute atomic E-state index is 12.0. The number of carbonyl (C=O) groups excluding carboxylic acids is 2. The Bertz CT molecular complexity index is 507. The van der Waals surface area contributed by atoms with Crippen molar-refractivity contribution in [1.82, 2.24) is 5.32 Å². The van der Waals surface area contributed by atoms with Crippen LogP contribution < -0.4 is 10.6 Å². The van der Waals surface area contributed by atoms with Crippen LogP contribution in [0.1, 0.15) is 36.2 Å². The molecule has 2 rings (SSSR count). The summed E-state index contributed by atoms with van der Waals surface area (Å²) in [5.41, 5.74) is 1.83. The van der Waals surface area contributed by atoms with Crippen LogP contribution in [0.3, 0.4) is 0 Å². The van der Waals surface area contributed by atoms with Crippen molar-refractivity contribution in [3.8, 4) is 0 Å². The molecule has 0 aromatic heterocycles. The van der Waals surface area contributed by atoms with Crippen LogP contribution in [-0.4, -0.2) is 25.3 Å². The van der Waals surface area contributed by atoms with Crippen molar-refractivity contribution in [2.24, 2.45) is 0 Å². The van der Waals surface area contributed by atoms with Gasteiger partial charge in [-0.25, -0.2) is 0 Å². The number of nitrogens with one attached hydrogen (secondary N) is 2. The highest BCUT2D eigenvalue weighted by atomic mass is 16.2. The minimum atomic E-state index is -0.561. The van der Waals surface area contributed by atoms with Crippen molar-refractivity contribution in [2.45, 2.75) is 25.7 Å². The van der Waals surface area contributed by atoms with E-state index in [9.17, 15) is 9.59 Å². The molecule has 0 spiro atoms. The Morgan fingerprint density at radius 1 is 1.39 bits per heavy atom. The lowest BCUT2D eigenvalue weighted by Crippen LogP contribution is -2.27. The first-order chi connectivity index (χ1) is 8.46. The number of fused-ring (bicyclic) bond motifs is 1. The molecule has 0 bridgehead atoms. The molecule has 1 aromatic rings. The molecule has 4 heteroatoms. The zero-order chi connectivity index (χ0) is 13.3. The Labute approximate surface area is 107 Å². The van der Waals surface area contributed by atoms with Gasteiger partial charge in [0.05, 0.1) is 5.41 Å². The summed E-state index contributed by atoms with van der Waals surface area (Å²) in [5, 5.41) is 5.79. The largest absolute Gasteiger partial charge is 0.325 e. The highest BCUT2D eigenvalue weighted by Crippen LogP contribution is 2.37. The van der Waals surface area contributed by atoms with E-state index in [4.69, 9.17) is 0 Å². The molecule has 1 aliphatic heterocycles. The SMILES string of the molecule is CNCCC(=O)c1ccc2c(c1)C(C)(C)C(=O)N2. The predicted molar refractivity (Wildman–Crippen MR) is 71.0 cm³/mol. The Kier molecular flexibility index (Phi) is 3.22. The molecular weight excluding hydrogens is 228 g/mol. The number of rotatable bonds is 4. The van der Waals surface area contributed by atoms with E-state index in [0.717, 1.165) is 11.3 Å². The van der Waals surface area contributed by atoms with Gasteiger partial charge in [0.25, 0.3) is 0 Å². The molecule has 0 saturated carbocycles. The fourth-order valence-electron chi connectivity index (χ4n) is 2.13. The Balaban J connectivity index is 2.31. The van der Waals surface area contributed by atoms with Gasteiger partial charge in [-0.1, -0.05) is 0 Å².